The standard InChI is InChI=1S/C26H18S8/c1-27-23-11-15(21(33-23)13-25-29-17-7-3-4-8-18(17)30-25)16-12-24(28-2)34-22(16)14-26-31-19-9-5-6-10-20(19)32-26/h3-14H,1-2H3. The number of rotatable bonds is 5. The van der Waals surface area contributed by atoms with Gasteiger partial charge in [0, 0.05) is 40.5 Å². The molecule has 8 heteroatoms. The van der Waals surface area contributed by atoms with Crippen LogP contribution in [0.15, 0.2) is 97.1 Å². The molecule has 0 atom stereocenters. The zero-order valence-corrected chi connectivity index (χ0v) is 24.7. The molecule has 4 aromatic rings. The second-order valence-corrected chi connectivity index (χ2v) is 16.6. The number of benzene rings is 2. The van der Waals surface area contributed by atoms with Gasteiger partial charge in [0.25, 0.3) is 0 Å². The number of hydrogen-bond donors (Lipinski definition) is 0. The summed E-state index contributed by atoms with van der Waals surface area (Å²) in [5.74, 6) is 0. The average molecular weight is 587 g/mol. The predicted octanol–water partition coefficient (Wildman–Crippen LogP) is 11.3. The van der Waals surface area contributed by atoms with Crippen molar-refractivity contribution in [2.75, 3.05) is 12.5 Å². The quantitative estimate of drug-likeness (QED) is 0.212. The van der Waals surface area contributed by atoms with Crippen LogP contribution in [0.1, 0.15) is 9.75 Å². The predicted molar refractivity (Wildman–Crippen MR) is 163 cm³/mol. The lowest BCUT2D eigenvalue weighted by atomic mass is 10.1. The Bertz CT molecular complexity index is 1280. The lowest BCUT2D eigenvalue weighted by molar-refractivity contribution is 1.27. The molecule has 6 rings (SSSR count). The molecular weight excluding hydrogens is 569 g/mol. The van der Waals surface area contributed by atoms with E-state index in [2.05, 4.69) is 85.3 Å². The minimum absolute atomic E-state index is 1.35. The van der Waals surface area contributed by atoms with Gasteiger partial charge in [-0.15, -0.1) is 46.2 Å². The first-order valence-corrected chi connectivity index (χ1v) is 17.7. The molecule has 2 aliphatic heterocycles. The van der Waals surface area contributed by atoms with Crippen LogP contribution in [0.4, 0.5) is 0 Å². The van der Waals surface area contributed by atoms with Crippen LogP contribution in [-0.4, -0.2) is 12.5 Å². The fraction of sp³-hybridized carbons (Fsp3) is 0.0769. The van der Waals surface area contributed by atoms with Gasteiger partial charge in [-0.1, -0.05) is 71.3 Å². The highest BCUT2D eigenvalue weighted by atomic mass is 32.2. The molecule has 0 fully saturated rings. The number of thioether (sulfide) groups is 6. The van der Waals surface area contributed by atoms with Crippen LogP contribution >= 0.6 is 93.2 Å². The van der Waals surface area contributed by atoms with E-state index in [0.717, 1.165) is 0 Å². The van der Waals surface area contributed by atoms with Gasteiger partial charge in [0.1, 0.15) is 0 Å². The van der Waals surface area contributed by atoms with E-state index < -0.39 is 0 Å². The summed E-state index contributed by atoms with van der Waals surface area (Å²) in [6.45, 7) is 0. The first-order chi connectivity index (χ1) is 16.7. The Kier molecular flexibility index (Phi) is 7.29. The maximum Gasteiger partial charge on any atom is 0.0608 e. The molecule has 2 aromatic carbocycles. The monoisotopic (exact) mass is 586 g/mol. The summed E-state index contributed by atoms with van der Waals surface area (Å²) in [5.41, 5.74) is 2.71. The number of hydrogen-bond acceptors (Lipinski definition) is 8. The van der Waals surface area contributed by atoms with Gasteiger partial charge in [0.2, 0.25) is 0 Å². The van der Waals surface area contributed by atoms with E-state index in [9.17, 15) is 0 Å². The van der Waals surface area contributed by atoms with E-state index in [4.69, 9.17) is 0 Å². The third-order valence-corrected chi connectivity index (χ3v) is 14.3. The van der Waals surface area contributed by atoms with Crippen molar-refractivity contribution < 1.29 is 0 Å². The van der Waals surface area contributed by atoms with Crippen molar-refractivity contribution in [3.05, 3.63) is 78.9 Å². The number of thiophene rings is 2. The van der Waals surface area contributed by atoms with Crippen LogP contribution in [0.25, 0.3) is 23.3 Å². The van der Waals surface area contributed by atoms with Crippen molar-refractivity contribution in [2.24, 2.45) is 0 Å². The van der Waals surface area contributed by atoms with E-state index in [1.54, 1.807) is 0 Å². The Balaban J connectivity index is 1.39. The molecule has 0 radical (unpaired) electrons. The second-order valence-electron chi connectivity index (χ2n) is 7.32. The summed E-state index contributed by atoms with van der Waals surface area (Å²) >= 11 is 15.0. The minimum Gasteiger partial charge on any atom is -0.129 e. The number of fused-ring (bicyclic) bond motifs is 2. The van der Waals surface area contributed by atoms with Gasteiger partial charge >= 0.3 is 0 Å². The van der Waals surface area contributed by atoms with Gasteiger partial charge in [0.15, 0.2) is 0 Å². The average Bonchev–Trinajstić information content (AvgIpc) is 3.62. The first-order valence-electron chi connectivity index (χ1n) is 10.4. The van der Waals surface area contributed by atoms with E-state index in [0.29, 0.717) is 0 Å². The molecule has 0 unspecified atom stereocenters. The van der Waals surface area contributed by atoms with Gasteiger partial charge in [-0.05, 0) is 61.1 Å². The Labute approximate surface area is 233 Å². The van der Waals surface area contributed by atoms with Crippen molar-refractivity contribution in [1.29, 1.82) is 0 Å². The molecule has 0 N–H and O–H groups in total. The Hall–Kier alpha value is -0.580. The molecule has 0 amide bonds. The molecule has 4 heterocycles. The van der Waals surface area contributed by atoms with Gasteiger partial charge in [-0.3, -0.25) is 0 Å². The largest absolute Gasteiger partial charge is 0.129 e. The van der Waals surface area contributed by atoms with Gasteiger partial charge in [-0.2, -0.15) is 0 Å². The SMILES string of the molecule is CSc1cc(-c2cc(SC)sc2C=C2Sc3ccccc3S2)c(C=C2Sc3ccccc3S2)s1. The van der Waals surface area contributed by atoms with Crippen LogP contribution in [0.3, 0.4) is 0 Å². The summed E-state index contributed by atoms with van der Waals surface area (Å²) < 4.78 is 5.43. The lowest BCUT2D eigenvalue weighted by Crippen LogP contribution is -1.78. The Morgan fingerprint density at radius 1 is 0.559 bits per heavy atom. The van der Waals surface area contributed by atoms with Gasteiger partial charge in [-0.25, -0.2) is 0 Å². The van der Waals surface area contributed by atoms with Crippen LogP contribution in [0.5, 0.6) is 0 Å². The second kappa shape index (κ2) is 10.4. The van der Waals surface area contributed by atoms with E-state index >= 15 is 0 Å². The highest BCUT2D eigenvalue weighted by Gasteiger charge is 2.22. The zero-order valence-electron chi connectivity index (χ0n) is 18.2. The molecule has 0 aliphatic carbocycles. The summed E-state index contributed by atoms with van der Waals surface area (Å²) in [6, 6.07) is 22.2. The molecule has 0 bridgehead atoms. The van der Waals surface area contributed by atoms with Crippen molar-refractivity contribution >= 4 is 105 Å². The van der Waals surface area contributed by atoms with Gasteiger partial charge < -0.3 is 0 Å². The lowest BCUT2D eigenvalue weighted by Gasteiger charge is -2.02. The fourth-order valence-electron chi connectivity index (χ4n) is 3.64. The molecule has 2 aromatic heterocycles. The normalized spacial score (nSPS) is 14.4. The van der Waals surface area contributed by atoms with Crippen LogP contribution in [0.2, 0.25) is 0 Å². The summed E-state index contributed by atoms with van der Waals surface area (Å²) in [5, 5.41) is 0. The van der Waals surface area contributed by atoms with Crippen molar-refractivity contribution in [3.8, 4) is 11.1 Å². The summed E-state index contributed by atoms with van der Waals surface area (Å²) in [4.78, 5) is 8.16. The van der Waals surface area contributed by atoms with Crippen molar-refractivity contribution in [1.82, 2.24) is 0 Å². The zero-order chi connectivity index (χ0) is 23.1. The Morgan fingerprint density at radius 2 is 0.912 bits per heavy atom. The molecule has 0 saturated carbocycles. The molecule has 34 heavy (non-hydrogen) atoms. The molecular formula is C26H18S8. The molecule has 170 valence electrons. The highest BCUT2D eigenvalue weighted by Crippen LogP contribution is 2.54. The molecule has 0 nitrogen and oxygen atoms in total. The third-order valence-electron chi connectivity index (χ3n) is 5.21. The van der Waals surface area contributed by atoms with Gasteiger partial charge in [0.05, 0.1) is 16.9 Å². The van der Waals surface area contributed by atoms with Crippen LogP contribution < -0.4 is 0 Å². The van der Waals surface area contributed by atoms with Crippen LogP contribution in [-0.2, 0) is 0 Å². The maximum atomic E-state index is 2.40. The third kappa shape index (κ3) is 4.85. The molecule has 0 saturated heterocycles. The van der Waals surface area contributed by atoms with Crippen LogP contribution in [0, 0.1) is 0 Å². The molecule has 0 spiro atoms. The van der Waals surface area contributed by atoms with E-state index in [1.807, 2.05) is 93.2 Å². The van der Waals surface area contributed by atoms with E-state index in [1.165, 1.54) is 57.4 Å². The fourth-order valence-corrected chi connectivity index (χ4v) is 12.1. The minimum atomic E-state index is 1.35. The molecule has 2 aliphatic rings. The topological polar surface area (TPSA) is 0 Å². The highest BCUT2D eigenvalue weighted by molar-refractivity contribution is 8.25. The summed E-state index contributed by atoms with van der Waals surface area (Å²) in [7, 11) is 0. The van der Waals surface area contributed by atoms with Crippen molar-refractivity contribution in [2.45, 2.75) is 28.0 Å². The first kappa shape index (κ1) is 23.8. The smallest absolute Gasteiger partial charge is 0.0608 e. The maximum absolute atomic E-state index is 2.40. The van der Waals surface area contributed by atoms with Crippen molar-refractivity contribution in [3.63, 3.8) is 0 Å². The van der Waals surface area contributed by atoms with E-state index in [-0.39, 0.29) is 0 Å². The Morgan fingerprint density at radius 3 is 1.24 bits per heavy atom. The summed E-state index contributed by atoms with van der Waals surface area (Å²) in [6.07, 6.45) is 9.15.